The van der Waals surface area contributed by atoms with Gasteiger partial charge in [0, 0.05) is 18.8 Å². The van der Waals surface area contributed by atoms with Gasteiger partial charge in [0.15, 0.2) is 0 Å². The van der Waals surface area contributed by atoms with E-state index in [2.05, 4.69) is 50.4 Å². The highest BCUT2D eigenvalue weighted by atomic mass is 32.2. The molecule has 2 rings (SSSR count). The van der Waals surface area contributed by atoms with Crippen molar-refractivity contribution in [2.75, 3.05) is 12.3 Å². The highest BCUT2D eigenvalue weighted by Gasteiger charge is 2.26. The van der Waals surface area contributed by atoms with Gasteiger partial charge in [0.05, 0.1) is 5.75 Å². The van der Waals surface area contributed by atoms with E-state index >= 15 is 0 Å². The molecule has 0 radical (unpaired) electrons. The smallest absolute Gasteiger partial charge is 0.242 e. The Balaban J connectivity index is 2.04. The molecule has 0 aliphatic carbocycles. The Hall–Kier alpha value is -2.27. The molecule has 30 heavy (non-hydrogen) atoms. The summed E-state index contributed by atoms with van der Waals surface area (Å²) in [6.07, 6.45) is 0. The Kier molecular flexibility index (Phi) is 9.44. The van der Waals surface area contributed by atoms with Crippen molar-refractivity contribution in [3.05, 3.63) is 70.8 Å². The summed E-state index contributed by atoms with van der Waals surface area (Å²) in [4.78, 5) is 27.4. The third-order valence-corrected chi connectivity index (χ3v) is 5.93. The van der Waals surface area contributed by atoms with Gasteiger partial charge in [-0.3, -0.25) is 9.59 Å². The fraction of sp³-hybridized carbons (Fsp3) is 0.440. The molecule has 0 saturated carbocycles. The van der Waals surface area contributed by atoms with Crippen molar-refractivity contribution in [1.82, 2.24) is 10.2 Å². The van der Waals surface area contributed by atoms with E-state index in [4.69, 9.17) is 0 Å². The van der Waals surface area contributed by atoms with Crippen LogP contribution in [0.15, 0.2) is 48.5 Å². The molecule has 162 valence electrons. The van der Waals surface area contributed by atoms with Crippen LogP contribution in [0, 0.1) is 19.8 Å². The Bertz CT molecular complexity index is 816. The number of hydrogen-bond acceptors (Lipinski definition) is 3. The summed E-state index contributed by atoms with van der Waals surface area (Å²) in [5.74, 6) is 1.37. The summed E-state index contributed by atoms with van der Waals surface area (Å²) in [5, 5.41) is 2.96. The van der Waals surface area contributed by atoms with Gasteiger partial charge in [-0.2, -0.15) is 0 Å². The van der Waals surface area contributed by atoms with Crippen LogP contribution in [0.5, 0.6) is 0 Å². The van der Waals surface area contributed by atoms with E-state index in [0.29, 0.717) is 24.8 Å². The van der Waals surface area contributed by atoms with Gasteiger partial charge in [0.1, 0.15) is 6.04 Å². The van der Waals surface area contributed by atoms with Crippen molar-refractivity contribution >= 4 is 23.6 Å². The number of aryl methyl sites for hydroxylation is 2. The molecular weight excluding hydrogens is 392 g/mol. The monoisotopic (exact) mass is 426 g/mol. The summed E-state index contributed by atoms with van der Waals surface area (Å²) in [6.45, 7) is 11.1. The average molecular weight is 427 g/mol. The zero-order valence-corrected chi connectivity index (χ0v) is 19.6. The molecule has 2 amide bonds. The normalized spacial score (nSPS) is 11.9. The molecule has 0 aliphatic rings. The first-order valence-electron chi connectivity index (χ1n) is 10.5. The van der Waals surface area contributed by atoms with E-state index in [1.165, 1.54) is 16.7 Å². The topological polar surface area (TPSA) is 49.4 Å². The Morgan fingerprint density at radius 1 is 0.900 bits per heavy atom. The van der Waals surface area contributed by atoms with Crippen LogP contribution < -0.4 is 5.32 Å². The Morgan fingerprint density at radius 3 is 1.97 bits per heavy atom. The lowest BCUT2D eigenvalue weighted by Gasteiger charge is -2.29. The highest BCUT2D eigenvalue weighted by molar-refractivity contribution is 7.99. The molecule has 0 aliphatic heterocycles. The number of amides is 2. The number of carbonyl (C=O) groups excluding carboxylic acids is 2. The van der Waals surface area contributed by atoms with Crippen molar-refractivity contribution < 1.29 is 9.59 Å². The zero-order chi connectivity index (χ0) is 22.1. The van der Waals surface area contributed by atoms with E-state index in [0.717, 1.165) is 11.3 Å². The third kappa shape index (κ3) is 7.86. The minimum atomic E-state index is -0.516. The minimum absolute atomic E-state index is 0.0140. The Morgan fingerprint density at radius 2 is 1.43 bits per heavy atom. The number of nitrogens with zero attached hydrogens (tertiary/aromatic N) is 1. The molecule has 1 N–H and O–H groups in total. The van der Waals surface area contributed by atoms with Crippen LogP contribution in [-0.2, 0) is 21.9 Å². The first kappa shape index (κ1) is 24.0. The summed E-state index contributed by atoms with van der Waals surface area (Å²) >= 11 is 1.59. The van der Waals surface area contributed by atoms with Crippen LogP contribution in [0.4, 0.5) is 0 Å². The van der Waals surface area contributed by atoms with Crippen LogP contribution in [0.2, 0.25) is 0 Å². The fourth-order valence-corrected chi connectivity index (χ4v) is 3.82. The summed E-state index contributed by atoms with van der Waals surface area (Å²) in [6, 6.07) is 16.0. The molecule has 0 unspecified atom stereocenters. The molecular formula is C25H34N2O2S. The van der Waals surface area contributed by atoms with Crippen molar-refractivity contribution in [2.45, 2.75) is 53.0 Å². The lowest BCUT2D eigenvalue weighted by atomic mass is 10.1. The van der Waals surface area contributed by atoms with Gasteiger partial charge >= 0.3 is 0 Å². The van der Waals surface area contributed by atoms with E-state index in [1.807, 2.05) is 38.1 Å². The number of hydrogen-bond donors (Lipinski definition) is 1. The number of carbonyl (C=O) groups is 2. The molecule has 0 saturated heterocycles. The van der Waals surface area contributed by atoms with Crippen molar-refractivity contribution in [3.63, 3.8) is 0 Å². The first-order chi connectivity index (χ1) is 14.3. The van der Waals surface area contributed by atoms with Crippen molar-refractivity contribution in [3.8, 4) is 0 Å². The molecule has 2 aromatic carbocycles. The maximum atomic E-state index is 13.1. The number of thioether (sulfide) groups is 1. The second-order valence-corrected chi connectivity index (χ2v) is 9.29. The maximum Gasteiger partial charge on any atom is 0.242 e. The highest BCUT2D eigenvalue weighted by Crippen LogP contribution is 2.17. The van der Waals surface area contributed by atoms with Gasteiger partial charge in [0.25, 0.3) is 0 Å². The third-order valence-electron chi connectivity index (χ3n) is 4.94. The summed E-state index contributed by atoms with van der Waals surface area (Å²) < 4.78 is 0. The predicted molar refractivity (Wildman–Crippen MR) is 126 cm³/mol. The van der Waals surface area contributed by atoms with Gasteiger partial charge in [-0.05, 0) is 37.8 Å². The molecule has 0 heterocycles. The summed E-state index contributed by atoms with van der Waals surface area (Å²) in [5.41, 5.74) is 4.63. The molecule has 0 aromatic heterocycles. The number of nitrogens with one attached hydrogen (secondary N) is 1. The van der Waals surface area contributed by atoms with Gasteiger partial charge < -0.3 is 10.2 Å². The Labute approximate surface area is 185 Å². The van der Waals surface area contributed by atoms with Gasteiger partial charge in [-0.1, -0.05) is 73.5 Å². The molecule has 0 fully saturated rings. The standard InChI is InChI=1S/C25H34N2O2S/c1-18(2)14-26-25(29)21(5)27(15-22-10-6-19(3)7-11-22)24(28)17-30-16-23-12-8-20(4)9-13-23/h6-13,18,21H,14-17H2,1-5H3,(H,26,29)/t21-/m1/s1. The van der Waals surface area contributed by atoms with Crippen molar-refractivity contribution in [1.29, 1.82) is 0 Å². The molecule has 1 atom stereocenters. The second-order valence-electron chi connectivity index (χ2n) is 8.30. The quantitative estimate of drug-likeness (QED) is 0.598. The SMILES string of the molecule is Cc1ccc(CSCC(=O)N(Cc2ccc(C)cc2)[C@H](C)C(=O)NCC(C)C)cc1. The van der Waals surface area contributed by atoms with E-state index in [1.54, 1.807) is 16.7 Å². The van der Waals surface area contributed by atoms with Crippen LogP contribution in [-0.4, -0.2) is 35.1 Å². The molecule has 4 nitrogen and oxygen atoms in total. The minimum Gasteiger partial charge on any atom is -0.354 e. The van der Waals surface area contributed by atoms with Crippen molar-refractivity contribution in [2.24, 2.45) is 5.92 Å². The van der Waals surface area contributed by atoms with Crippen LogP contribution >= 0.6 is 11.8 Å². The summed E-state index contributed by atoms with van der Waals surface area (Å²) in [7, 11) is 0. The lowest BCUT2D eigenvalue weighted by Crippen LogP contribution is -2.48. The van der Waals surface area contributed by atoms with Crippen LogP contribution in [0.25, 0.3) is 0 Å². The second kappa shape index (κ2) is 11.8. The van der Waals surface area contributed by atoms with E-state index in [9.17, 15) is 9.59 Å². The average Bonchev–Trinajstić information content (AvgIpc) is 2.72. The largest absolute Gasteiger partial charge is 0.354 e. The maximum absolute atomic E-state index is 13.1. The van der Waals surface area contributed by atoms with Gasteiger partial charge in [-0.25, -0.2) is 0 Å². The van der Waals surface area contributed by atoms with Crippen LogP contribution in [0.3, 0.4) is 0 Å². The van der Waals surface area contributed by atoms with E-state index < -0.39 is 6.04 Å². The predicted octanol–water partition coefficient (Wildman–Crippen LogP) is 4.73. The number of benzene rings is 2. The van der Waals surface area contributed by atoms with Crippen LogP contribution in [0.1, 0.15) is 43.0 Å². The van der Waals surface area contributed by atoms with Gasteiger partial charge in [-0.15, -0.1) is 11.8 Å². The fourth-order valence-electron chi connectivity index (χ4n) is 2.95. The lowest BCUT2D eigenvalue weighted by molar-refractivity contribution is -0.138. The molecule has 0 bridgehead atoms. The molecule has 0 spiro atoms. The zero-order valence-electron chi connectivity index (χ0n) is 18.8. The number of rotatable bonds is 10. The first-order valence-corrected chi connectivity index (χ1v) is 11.7. The van der Waals surface area contributed by atoms with Gasteiger partial charge in [0.2, 0.25) is 11.8 Å². The molecule has 2 aromatic rings. The van der Waals surface area contributed by atoms with E-state index in [-0.39, 0.29) is 11.8 Å². The molecule has 5 heteroatoms.